The Balaban J connectivity index is 1.48. The van der Waals surface area contributed by atoms with Crippen LogP contribution in [0.1, 0.15) is 11.1 Å². The average Bonchev–Trinajstić information content (AvgIpc) is 3.32. The van der Waals surface area contributed by atoms with Crippen LogP contribution in [0.3, 0.4) is 0 Å². The molecule has 0 aliphatic carbocycles. The van der Waals surface area contributed by atoms with Crippen LogP contribution in [0.15, 0.2) is 72.1 Å². The maximum atomic E-state index is 4.24. The van der Waals surface area contributed by atoms with Crippen LogP contribution in [0.4, 0.5) is 0 Å². The molecule has 6 nitrogen and oxygen atoms in total. The van der Waals surface area contributed by atoms with E-state index in [1.807, 2.05) is 29.1 Å². The normalized spacial score (nSPS) is 10.9. The maximum absolute atomic E-state index is 4.24. The Bertz CT molecular complexity index is 959. The Hall–Kier alpha value is -2.93. The zero-order valence-electron chi connectivity index (χ0n) is 13.6. The van der Waals surface area contributed by atoms with Crippen molar-refractivity contribution in [2.24, 2.45) is 0 Å². The molecule has 124 valence electrons. The molecule has 2 heterocycles. The second-order valence-corrected chi connectivity index (χ2v) is 6.56. The van der Waals surface area contributed by atoms with E-state index in [1.54, 1.807) is 22.6 Å². The van der Waals surface area contributed by atoms with Crippen molar-refractivity contribution in [1.82, 2.24) is 30.0 Å². The molecule has 2 aromatic carbocycles. The zero-order valence-corrected chi connectivity index (χ0v) is 14.5. The monoisotopic (exact) mass is 348 g/mol. The van der Waals surface area contributed by atoms with Crippen molar-refractivity contribution in [3.8, 4) is 11.4 Å². The van der Waals surface area contributed by atoms with Crippen LogP contribution in [0.25, 0.3) is 11.4 Å². The molecule has 0 spiro atoms. The summed E-state index contributed by atoms with van der Waals surface area (Å²) in [7, 11) is 0. The molecule has 7 heteroatoms. The van der Waals surface area contributed by atoms with Crippen molar-refractivity contribution < 1.29 is 0 Å². The van der Waals surface area contributed by atoms with Gasteiger partial charge >= 0.3 is 0 Å². The lowest BCUT2D eigenvalue weighted by molar-refractivity contribution is 0.755. The summed E-state index contributed by atoms with van der Waals surface area (Å²) in [4.78, 5) is 0. The summed E-state index contributed by atoms with van der Waals surface area (Å²) in [6.45, 7) is 2.06. The van der Waals surface area contributed by atoms with Gasteiger partial charge in [-0.05, 0) is 58.8 Å². The summed E-state index contributed by atoms with van der Waals surface area (Å²) < 4.78 is 3.62. The van der Waals surface area contributed by atoms with Gasteiger partial charge in [-0.15, -0.1) is 5.10 Å². The Kier molecular flexibility index (Phi) is 4.30. The molecular weight excluding hydrogens is 332 g/mol. The van der Waals surface area contributed by atoms with Gasteiger partial charge < -0.3 is 0 Å². The van der Waals surface area contributed by atoms with Crippen LogP contribution >= 0.6 is 11.8 Å². The molecule has 2 aromatic heterocycles. The first-order chi connectivity index (χ1) is 12.3. The Morgan fingerprint density at radius 2 is 1.88 bits per heavy atom. The summed E-state index contributed by atoms with van der Waals surface area (Å²) in [5.41, 5.74) is 4.41. The lowest BCUT2D eigenvalue weighted by Crippen LogP contribution is -1.99. The quantitative estimate of drug-likeness (QED) is 0.517. The fraction of sp³-hybridized carbons (Fsp3) is 0.111. The molecule has 0 fully saturated rings. The van der Waals surface area contributed by atoms with E-state index in [-0.39, 0.29) is 0 Å². The highest BCUT2D eigenvalue weighted by atomic mass is 32.2. The second-order valence-electron chi connectivity index (χ2n) is 5.62. The first-order valence-electron chi connectivity index (χ1n) is 7.87. The largest absolute Gasteiger partial charge is 0.241 e. The number of thioether (sulfide) groups is 1. The van der Waals surface area contributed by atoms with Crippen LogP contribution < -0.4 is 0 Å². The van der Waals surface area contributed by atoms with Crippen LogP contribution in [-0.4, -0.2) is 30.0 Å². The number of benzene rings is 2. The van der Waals surface area contributed by atoms with Crippen LogP contribution in [0, 0.1) is 6.92 Å². The lowest BCUT2D eigenvalue weighted by Gasteiger charge is -2.06. The molecule has 0 saturated carbocycles. The highest BCUT2D eigenvalue weighted by Gasteiger charge is 2.09. The van der Waals surface area contributed by atoms with Crippen LogP contribution in [0.5, 0.6) is 0 Å². The van der Waals surface area contributed by atoms with Gasteiger partial charge in [0.2, 0.25) is 5.16 Å². The third-order valence-corrected chi connectivity index (χ3v) is 4.75. The van der Waals surface area contributed by atoms with E-state index in [1.165, 1.54) is 11.1 Å². The zero-order chi connectivity index (χ0) is 17.1. The first-order valence-corrected chi connectivity index (χ1v) is 8.85. The summed E-state index contributed by atoms with van der Waals surface area (Å²) >= 11 is 1.62. The number of hydrogen-bond acceptors (Lipinski definition) is 5. The molecule has 25 heavy (non-hydrogen) atoms. The molecule has 0 bridgehead atoms. The van der Waals surface area contributed by atoms with Crippen molar-refractivity contribution in [3.05, 3.63) is 78.1 Å². The minimum atomic E-state index is 0.779. The lowest BCUT2D eigenvalue weighted by atomic mass is 10.2. The molecule has 0 aliphatic rings. The molecule has 0 N–H and O–H groups in total. The number of tetrazole rings is 1. The van der Waals surface area contributed by atoms with Crippen molar-refractivity contribution in [1.29, 1.82) is 0 Å². The number of nitrogens with zero attached hydrogens (tertiary/aromatic N) is 6. The molecule has 0 radical (unpaired) electrons. The van der Waals surface area contributed by atoms with E-state index in [9.17, 15) is 0 Å². The van der Waals surface area contributed by atoms with Gasteiger partial charge in [0, 0.05) is 18.1 Å². The van der Waals surface area contributed by atoms with Gasteiger partial charge in [-0.1, -0.05) is 36.0 Å². The SMILES string of the molecule is Cc1cccc(-n2nnnc2SCc2ccc(-n3cccn3)cc2)c1. The Morgan fingerprint density at radius 1 is 1.00 bits per heavy atom. The number of hydrogen-bond donors (Lipinski definition) is 0. The number of rotatable bonds is 5. The molecule has 4 aromatic rings. The summed E-state index contributed by atoms with van der Waals surface area (Å²) in [5, 5.41) is 17.1. The minimum Gasteiger partial charge on any atom is -0.241 e. The first kappa shape index (κ1) is 15.6. The van der Waals surface area contributed by atoms with Crippen LogP contribution in [0.2, 0.25) is 0 Å². The summed E-state index contributed by atoms with van der Waals surface area (Å²) in [6.07, 6.45) is 3.70. The molecule has 0 unspecified atom stereocenters. The molecule has 4 rings (SSSR count). The fourth-order valence-electron chi connectivity index (χ4n) is 2.51. The van der Waals surface area contributed by atoms with Crippen molar-refractivity contribution in [2.45, 2.75) is 17.8 Å². The highest BCUT2D eigenvalue weighted by Crippen LogP contribution is 2.23. The van der Waals surface area contributed by atoms with Gasteiger partial charge in [-0.3, -0.25) is 0 Å². The molecule has 0 amide bonds. The number of aromatic nitrogens is 6. The van der Waals surface area contributed by atoms with Gasteiger partial charge in [-0.2, -0.15) is 9.78 Å². The van der Waals surface area contributed by atoms with E-state index in [0.717, 1.165) is 22.3 Å². The second kappa shape index (κ2) is 6.90. The van der Waals surface area contributed by atoms with E-state index >= 15 is 0 Å². The number of aryl methyl sites for hydroxylation is 1. The van der Waals surface area contributed by atoms with E-state index in [4.69, 9.17) is 0 Å². The van der Waals surface area contributed by atoms with Gasteiger partial charge in [0.1, 0.15) is 0 Å². The van der Waals surface area contributed by atoms with E-state index < -0.39 is 0 Å². The Morgan fingerprint density at radius 3 is 2.64 bits per heavy atom. The molecule has 0 atom stereocenters. The van der Waals surface area contributed by atoms with Gasteiger partial charge in [0.05, 0.1) is 11.4 Å². The molecule has 0 aliphatic heterocycles. The average molecular weight is 348 g/mol. The Labute approximate surface area is 149 Å². The van der Waals surface area contributed by atoms with Crippen LogP contribution in [-0.2, 0) is 5.75 Å². The smallest absolute Gasteiger partial charge is 0.214 e. The summed E-state index contributed by atoms with van der Waals surface area (Å²) in [5.74, 6) is 0.797. The standard InChI is InChI=1S/C18H16N6S/c1-14-4-2-5-17(12-14)24-18(20-21-22-24)25-13-15-6-8-16(9-7-15)23-11-3-10-19-23/h2-12H,13H2,1H3. The highest BCUT2D eigenvalue weighted by molar-refractivity contribution is 7.98. The topological polar surface area (TPSA) is 61.4 Å². The van der Waals surface area contributed by atoms with Gasteiger partial charge in [0.15, 0.2) is 0 Å². The third-order valence-electron chi connectivity index (χ3n) is 3.76. The van der Waals surface area contributed by atoms with Crippen molar-refractivity contribution in [2.75, 3.05) is 0 Å². The predicted octanol–water partition coefficient (Wildman–Crippen LogP) is 3.45. The summed E-state index contributed by atoms with van der Waals surface area (Å²) in [6, 6.07) is 18.4. The van der Waals surface area contributed by atoms with Crippen molar-refractivity contribution >= 4 is 11.8 Å². The van der Waals surface area contributed by atoms with E-state index in [0.29, 0.717) is 0 Å². The molecular formula is C18H16N6S. The maximum Gasteiger partial charge on any atom is 0.214 e. The fourth-order valence-corrected chi connectivity index (χ4v) is 3.35. The molecule has 0 saturated heterocycles. The van der Waals surface area contributed by atoms with Gasteiger partial charge in [0.25, 0.3) is 0 Å². The van der Waals surface area contributed by atoms with E-state index in [2.05, 4.69) is 63.9 Å². The predicted molar refractivity (Wildman–Crippen MR) is 97.0 cm³/mol. The third kappa shape index (κ3) is 3.46. The minimum absolute atomic E-state index is 0.779. The van der Waals surface area contributed by atoms with Crippen molar-refractivity contribution in [3.63, 3.8) is 0 Å². The van der Waals surface area contributed by atoms with Gasteiger partial charge in [-0.25, -0.2) is 4.68 Å².